The van der Waals surface area contributed by atoms with Crippen molar-refractivity contribution in [2.45, 2.75) is 6.92 Å². The van der Waals surface area contributed by atoms with Crippen LogP contribution < -0.4 is 0 Å². The molecule has 0 amide bonds. The van der Waals surface area contributed by atoms with Crippen LogP contribution >= 0.6 is 0 Å². The van der Waals surface area contributed by atoms with E-state index in [4.69, 9.17) is 0 Å². The quantitative estimate of drug-likeness (QED) is 0.255. The first-order valence-electron chi connectivity index (χ1n) is 6.13. The smallest absolute Gasteiger partial charge is 0.218 e. The van der Waals surface area contributed by atoms with Gasteiger partial charge in [-0.3, -0.25) is 0 Å². The maximum atomic E-state index is 11.2. The number of fused-ring (bicyclic) bond motifs is 1. The highest BCUT2D eigenvalue weighted by Gasteiger charge is 2.15. The Hall–Kier alpha value is -2.82. The second kappa shape index (κ2) is 4.38. The fraction of sp³-hybridized carbons (Fsp3) is 0.0667. The largest absolute Gasteiger partial charge is 0.619 e. The lowest BCUT2D eigenvalue weighted by atomic mass is 10.1. The van der Waals surface area contributed by atoms with Crippen molar-refractivity contribution in [3.63, 3.8) is 0 Å². The monoisotopic (exact) mass is 267 g/mol. The number of benzene rings is 2. The molecule has 0 unspecified atom stereocenters. The molecule has 20 heavy (non-hydrogen) atoms. The fourth-order valence-electron chi connectivity index (χ4n) is 2.20. The Morgan fingerprint density at radius 1 is 1.25 bits per heavy atom. The second-order valence-corrected chi connectivity index (χ2v) is 4.61. The molecule has 1 aromatic heterocycles. The number of rotatable bonds is 2. The molecule has 0 spiro atoms. The first-order chi connectivity index (χ1) is 9.58. The number of hydrogen-bond acceptors (Lipinski definition) is 3. The number of nitrogens with zero attached hydrogens (tertiary/aromatic N) is 3. The summed E-state index contributed by atoms with van der Waals surface area (Å²) in [6.45, 7) is 5.24. The van der Waals surface area contributed by atoms with Crippen LogP contribution in [0.25, 0.3) is 22.4 Å². The summed E-state index contributed by atoms with van der Waals surface area (Å²) >= 11 is 0. The molecule has 0 bridgehead atoms. The molecular weight excluding hydrogens is 254 g/mol. The van der Waals surface area contributed by atoms with Crippen LogP contribution in [-0.4, -0.2) is 26.4 Å². The van der Waals surface area contributed by atoms with Gasteiger partial charge in [0.1, 0.15) is 12.2 Å². The standard InChI is InChI=1S/C15H13N3O2/c1-10-5-3-4-6-12(10)15-16-13-8-7-11(17(2)19)9-14(13)18(15)20/h3-9,20H,2H2,1H3. The third kappa shape index (κ3) is 1.80. The summed E-state index contributed by atoms with van der Waals surface area (Å²) in [5, 5.41) is 21.5. The van der Waals surface area contributed by atoms with Gasteiger partial charge in [-0.2, -0.15) is 9.47 Å². The Bertz CT molecular complexity index is 821. The van der Waals surface area contributed by atoms with Gasteiger partial charge in [-0.05, 0) is 18.6 Å². The Morgan fingerprint density at radius 2 is 2.00 bits per heavy atom. The van der Waals surface area contributed by atoms with E-state index in [1.54, 1.807) is 18.2 Å². The first kappa shape index (κ1) is 12.2. The fourth-order valence-corrected chi connectivity index (χ4v) is 2.20. The lowest BCUT2D eigenvalue weighted by molar-refractivity contribution is -0.349. The molecule has 5 nitrogen and oxygen atoms in total. The van der Waals surface area contributed by atoms with E-state index in [-0.39, 0.29) is 0 Å². The Kier molecular flexibility index (Phi) is 2.68. The van der Waals surface area contributed by atoms with Gasteiger partial charge < -0.3 is 10.4 Å². The molecule has 2 aromatic carbocycles. The summed E-state index contributed by atoms with van der Waals surface area (Å²) in [5.74, 6) is 0.455. The average Bonchev–Trinajstić information content (AvgIpc) is 2.76. The summed E-state index contributed by atoms with van der Waals surface area (Å²) in [4.78, 5) is 4.42. The van der Waals surface area contributed by atoms with E-state index in [2.05, 4.69) is 11.7 Å². The zero-order valence-electron chi connectivity index (χ0n) is 10.9. The highest BCUT2D eigenvalue weighted by Crippen LogP contribution is 2.27. The van der Waals surface area contributed by atoms with Crippen molar-refractivity contribution in [3.05, 3.63) is 53.2 Å². The average molecular weight is 267 g/mol. The zero-order chi connectivity index (χ0) is 14.3. The highest BCUT2D eigenvalue weighted by molar-refractivity contribution is 5.82. The molecule has 5 heteroatoms. The van der Waals surface area contributed by atoms with Gasteiger partial charge in [-0.15, -0.1) is 0 Å². The van der Waals surface area contributed by atoms with E-state index in [1.165, 1.54) is 0 Å². The molecule has 3 rings (SSSR count). The van der Waals surface area contributed by atoms with Gasteiger partial charge in [-0.25, -0.2) is 4.98 Å². The molecule has 1 heterocycles. The minimum Gasteiger partial charge on any atom is -0.619 e. The van der Waals surface area contributed by atoms with E-state index < -0.39 is 0 Å². The minimum atomic E-state index is 0.365. The molecule has 0 aliphatic rings. The summed E-state index contributed by atoms with van der Waals surface area (Å²) in [6.07, 6.45) is 0. The minimum absolute atomic E-state index is 0.365. The third-order valence-corrected chi connectivity index (χ3v) is 3.29. The van der Waals surface area contributed by atoms with E-state index in [0.717, 1.165) is 15.9 Å². The number of imidazole rings is 1. The van der Waals surface area contributed by atoms with E-state index >= 15 is 0 Å². The van der Waals surface area contributed by atoms with Crippen molar-refractivity contribution >= 4 is 23.4 Å². The van der Waals surface area contributed by atoms with Crippen molar-refractivity contribution in [2.75, 3.05) is 0 Å². The lowest BCUT2D eigenvalue weighted by Crippen LogP contribution is -1.96. The van der Waals surface area contributed by atoms with Crippen molar-refractivity contribution < 1.29 is 9.95 Å². The van der Waals surface area contributed by atoms with Crippen molar-refractivity contribution in [3.8, 4) is 11.4 Å². The van der Waals surface area contributed by atoms with Crippen LogP contribution in [0.3, 0.4) is 0 Å². The molecule has 0 saturated heterocycles. The van der Waals surface area contributed by atoms with Crippen LogP contribution in [0, 0.1) is 12.1 Å². The highest BCUT2D eigenvalue weighted by atomic mass is 16.5. The van der Waals surface area contributed by atoms with Crippen LogP contribution in [-0.2, 0) is 0 Å². The second-order valence-electron chi connectivity index (χ2n) is 4.61. The van der Waals surface area contributed by atoms with Crippen molar-refractivity contribution in [1.29, 1.82) is 0 Å². The van der Waals surface area contributed by atoms with Crippen molar-refractivity contribution in [2.24, 2.45) is 0 Å². The van der Waals surface area contributed by atoms with Crippen LogP contribution in [0.4, 0.5) is 5.69 Å². The molecule has 1 N–H and O–H groups in total. The topological polar surface area (TPSA) is 64.1 Å². The predicted octanol–water partition coefficient (Wildman–Crippen LogP) is 3.09. The molecule has 3 aromatic rings. The maximum Gasteiger partial charge on any atom is 0.218 e. The third-order valence-electron chi connectivity index (χ3n) is 3.29. The van der Waals surface area contributed by atoms with Gasteiger partial charge in [-0.1, -0.05) is 24.3 Å². The number of hydrogen-bond donors (Lipinski definition) is 1. The van der Waals surface area contributed by atoms with Gasteiger partial charge in [0.25, 0.3) is 0 Å². The molecule has 0 radical (unpaired) electrons. The Labute approximate surface area is 115 Å². The van der Waals surface area contributed by atoms with Gasteiger partial charge in [0, 0.05) is 17.7 Å². The van der Waals surface area contributed by atoms with Gasteiger partial charge in [0.05, 0.1) is 5.52 Å². The summed E-state index contributed by atoms with van der Waals surface area (Å²) in [7, 11) is 0. The van der Waals surface area contributed by atoms with E-state index in [0.29, 0.717) is 27.3 Å². The van der Waals surface area contributed by atoms with Crippen molar-refractivity contribution in [1.82, 2.24) is 9.71 Å². The molecule has 0 aliphatic carbocycles. The molecule has 0 saturated carbocycles. The normalized spacial score (nSPS) is 10.8. The van der Waals surface area contributed by atoms with Gasteiger partial charge in [0.15, 0.2) is 5.82 Å². The van der Waals surface area contributed by atoms with Gasteiger partial charge >= 0.3 is 0 Å². The van der Waals surface area contributed by atoms with Crippen LogP contribution in [0.5, 0.6) is 0 Å². The molecule has 100 valence electrons. The van der Waals surface area contributed by atoms with Crippen LogP contribution in [0.2, 0.25) is 0 Å². The maximum absolute atomic E-state index is 11.2. The molecule has 0 aliphatic heterocycles. The summed E-state index contributed by atoms with van der Waals surface area (Å²) in [6, 6.07) is 12.5. The van der Waals surface area contributed by atoms with Gasteiger partial charge in [0.2, 0.25) is 5.69 Å². The molecule has 0 fully saturated rings. The molecule has 0 atom stereocenters. The number of aromatic nitrogens is 2. The lowest BCUT2D eigenvalue weighted by Gasteiger charge is -2.04. The SMILES string of the molecule is C=[N+]([O-])c1ccc2nc(-c3ccccc3C)n(O)c2c1. The van der Waals surface area contributed by atoms with E-state index in [1.807, 2.05) is 31.2 Å². The zero-order valence-corrected chi connectivity index (χ0v) is 10.9. The van der Waals surface area contributed by atoms with Crippen LogP contribution in [0.1, 0.15) is 5.56 Å². The Balaban J connectivity index is 2.26. The van der Waals surface area contributed by atoms with E-state index in [9.17, 15) is 10.4 Å². The summed E-state index contributed by atoms with van der Waals surface area (Å²) < 4.78 is 1.50. The molecular formula is C15H13N3O2. The Morgan fingerprint density at radius 3 is 2.70 bits per heavy atom. The van der Waals surface area contributed by atoms with Crippen LogP contribution in [0.15, 0.2) is 42.5 Å². The summed E-state index contributed by atoms with van der Waals surface area (Å²) in [5.41, 5.74) is 3.33. The predicted molar refractivity (Wildman–Crippen MR) is 77.5 cm³/mol. The first-order valence-corrected chi connectivity index (χ1v) is 6.13. The number of aryl methyl sites for hydroxylation is 1.